The maximum atomic E-state index is 10.4. The number of methoxy groups -OCH3 is 1. The van der Waals surface area contributed by atoms with Crippen molar-refractivity contribution in [2.75, 3.05) is 20.3 Å². The van der Waals surface area contributed by atoms with Crippen LogP contribution >= 0.6 is 48.3 Å². The number of hydrogen-bond donors (Lipinski definition) is 2. The second-order valence-electron chi connectivity index (χ2n) is 6.65. The van der Waals surface area contributed by atoms with Crippen molar-refractivity contribution in [3.63, 3.8) is 0 Å². The summed E-state index contributed by atoms with van der Waals surface area (Å²) in [6.45, 7) is 0.325. The van der Waals surface area contributed by atoms with Crippen molar-refractivity contribution >= 4 is 60.9 Å². The number of carbonyl (C=O) groups is 2. The predicted molar refractivity (Wildman–Crippen MR) is 141 cm³/mol. The van der Waals surface area contributed by atoms with E-state index in [1.54, 1.807) is 36.4 Å². The van der Waals surface area contributed by atoms with E-state index in [1.807, 2.05) is 0 Å². The fraction of sp³-hybridized carbons (Fsp3) is 0.167. The zero-order chi connectivity index (χ0) is 25.1. The van der Waals surface area contributed by atoms with Gasteiger partial charge < -0.3 is 24.4 Å². The predicted octanol–water partition coefficient (Wildman–Crippen LogP) is 5.60. The van der Waals surface area contributed by atoms with Crippen molar-refractivity contribution in [2.45, 2.75) is 6.10 Å². The molecule has 7 nitrogen and oxygen atoms in total. The Labute approximate surface area is 224 Å². The van der Waals surface area contributed by atoms with E-state index in [4.69, 9.17) is 59.2 Å². The van der Waals surface area contributed by atoms with Gasteiger partial charge in [-0.3, -0.25) is 9.59 Å². The molecule has 0 saturated heterocycles. The summed E-state index contributed by atoms with van der Waals surface area (Å²) in [5.74, 6) is 1.77. The van der Waals surface area contributed by atoms with Crippen molar-refractivity contribution in [3.05, 3.63) is 80.8 Å². The molecule has 0 saturated carbocycles. The molecule has 188 valence electrons. The minimum absolute atomic E-state index is 0. The van der Waals surface area contributed by atoms with Gasteiger partial charge in [0.05, 0.1) is 24.8 Å². The van der Waals surface area contributed by atoms with Gasteiger partial charge in [0.15, 0.2) is 30.2 Å². The lowest BCUT2D eigenvalue weighted by Gasteiger charge is -2.24. The number of benzene rings is 3. The SMILES string of the molecule is COc1ccc(Cl)cc1C=O.O=Cc1cc(Cl)ccc1O.OC[C@H]1COc2cc(Cl)ccc2O1.S. The molecule has 0 spiro atoms. The van der Waals surface area contributed by atoms with E-state index in [0.29, 0.717) is 57.1 Å². The summed E-state index contributed by atoms with van der Waals surface area (Å²) in [5, 5.41) is 19.4. The molecule has 1 aliphatic heterocycles. The highest BCUT2D eigenvalue weighted by Gasteiger charge is 2.19. The van der Waals surface area contributed by atoms with Gasteiger partial charge in [-0.25, -0.2) is 0 Å². The fourth-order valence-corrected chi connectivity index (χ4v) is 3.12. The van der Waals surface area contributed by atoms with E-state index in [0.717, 1.165) is 0 Å². The lowest BCUT2D eigenvalue weighted by atomic mass is 10.2. The van der Waals surface area contributed by atoms with Crippen LogP contribution in [0.4, 0.5) is 0 Å². The number of aromatic hydroxyl groups is 1. The Bertz CT molecular complexity index is 1130. The van der Waals surface area contributed by atoms with E-state index in [9.17, 15) is 9.59 Å². The molecule has 0 fully saturated rings. The van der Waals surface area contributed by atoms with Crippen molar-refractivity contribution in [1.82, 2.24) is 0 Å². The number of carbonyl (C=O) groups excluding carboxylic acids is 2. The molecule has 3 aromatic carbocycles. The van der Waals surface area contributed by atoms with Gasteiger partial charge in [-0.1, -0.05) is 34.8 Å². The summed E-state index contributed by atoms with van der Waals surface area (Å²) < 4.78 is 15.6. The summed E-state index contributed by atoms with van der Waals surface area (Å²) in [6, 6.07) is 14.4. The van der Waals surface area contributed by atoms with Crippen LogP contribution in [0.5, 0.6) is 23.0 Å². The highest BCUT2D eigenvalue weighted by atomic mass is 35.5. The monoisotopic (exact) mass is 560 g/mol. The number of rotatable bonds is 4. The molecular weight excluding hydrogens is 539 g/mol. The third-order valence-electron chi connectivity index (χ3n) is 4.26. The van der Waals surface area contributed by atoms with Gasteiger partial charge in [0, 0.05) is 21.1 Å². The second-order valence-corrected chi connectivity index (χ2v) is 7.96. The van der Waals surface area contributed by atoms with E-state index in [-0.39, 0.29) is 37.5 Å². The zero-order valence-electron chi connectivity index (χ0n) is 18.4. The third-order valence-corrected chi connectivity index (χ3v) is 4.97. The number of aliphatic hydroxyl groups excluding tert-OH is 1. The largest absolute Gasteiger partial charge is 0.507 e. The maximum Gasteiger partial charge on any atom is 0.162 e. The van der Waals surface area contributed by atoms with Crippen molar-refractivity contribution in [2.24, 2.45) is 0 Å². The summed E-state index contributed by atoms with van der Waals surface area (Å²) in [7, 11) is 1.51. The Morgan fingerprint density at radius 2 is 1.49 bits per heavy atom. The second kappa shape index (κ2) is 15.4. The minimum Gasteiger partial charge on any atom is -0.507 e. The average Bonchev–Trinajstić information content (AvgIpc) is 2.85. The van der Waals surface area contributed by atoms with Crippen LogP contribution in [-0.4, -0.2) is 49.2 Å². The van der Waals surface area contributed by atoms with Crippen molar-refractivity contribution < 1.29 is 34.0 Å². The molecule has 1 aliphatic rings. The van der Waals surface area contributed by atoms with Gasteiger partial charge in [0.1, 0.15) is 18.1 Å². The van der Waals surface area contributed by atoms with E-state index < -0.39 is 0 Å². The van der Waals surface area contributed by atoms with Gasteiger partial charge in [0.2, 0.25) is 0 Å². The number of halogens is 3. The molecule has 35 heavy (non-hydrogen) atoms. The van der Waals surface area contributed by atoms with Crippen LogP contribution in [0.25, 0.3) is 0 Å². The lowest BCUT2D eigenvalue weighted by Crippen LogP contribution is -2.32. The Balaban J connectivity index is 0.000000262. The number of phenols is 1. The van der Waals surface area contributed by atoms with Gasteiger partial charge in [-0.05, 0) is 48.5 Å². The van der Waals surface area contributed by atoms with Gasteiger partial charge >= 0.3 is 0 Å². The van der Waals surface area contributed by atoms with Crippen LogP contribution < -0.4 is 14.2 Å². The van der Waals surface area contributed by atoms with E-state index >= 15 is 0 Å². The molecular formula is C24H23Cl3O7S. The van der Waals surface area contributed by atoms with Crippen molar-refractivity contribution in [3.8, 4) is 23.0 Å². The maximum absolute atomic E-state index is 10.4. The van der Waals surface area contributed by atoms with Crippen LogP contribution in [0.3, 0.4) is 0 Å². The number of aliphatic hydroxyl groups is 1. The number of phenolic OH excluding ortho intramolecular Hbond substituents is 1. The van der Waals surface area contributed by atoms with Gasteiger partial charge in [0.25, 0.3) is 0 Å². The number of hydrogen-bond acceptors (Lipinski definition) is 7. The third kappa shape index (κ3) is 9.51. The first-order valence-electron chi connectivity index (χ1n) is 9.73. The molecule has 0 radical (unpaired) electrons. The average molecular weight is 562 g/mol. The smallest absolute Gasteiger partial charge is 0.162 e. The summed E-state index contributed by atoms with van der Waals surface area (Å²) in [4.78, 5) is 20.6. The highest BCUT2D eigenvalue weighted by molar-refractivity contribution is 7.59. The number of aldehydes is 2. The summed E-state index contributed by atoms with van der Waals surface area (Å²) >= 11 is 16.9. The minimum atomic E-state index is -0.270. The Kier molecular flexibility index (Phi) is 13.4. The molecule has 11 heteroatoms. The summed E-state index contributed by atoms with van der Waals surface area (Å²) in [5.41, 5.74) is 0.688. The molecule has 0 unspecified atom stereocenters. The first kappa shape index (κ1) is 30.4. The highest BCUT2D eigenvalue weighted by Crippen LogP contribution is 2.33. The topological polar surface area (TPSA) is 102 Å². The Morgan fingerprint density at radius 1 is 0.914 bits per heavy atom. The van der Waals surface area contributed by atoms with Crippen molar-refractivity contribution in [1.29, 1.82) is 0 Å². The van der Waals surface area contributed by atoms with Crippen LogP contribution in [-0.2, 0) is 0 Å². The molecule has 4 rings (SSSR count). The fourth-order valence-electron chi connectivity index (χ4n) is 2.60. The van der Waals surface area contributed by atoms with Gasteiger partial charge in [-0.2, -0.15) is 13.5 Å². The van der Waals surface area contributed by atoms with Gasteiger partial charge in [-0.15, -0.1) is 0 Å². The summed E-state index contributed by atoms with van der Waals surface area (Å²) in [6.07, 6.45) is 1.00. The Morgan fingerprint density at radius 3 is 2.06 bits per heavy atom. The zero-order valence-corrected chi connectivity index (χ0v) is 21.7. The van der Waals surface area contributed by atoms with Crippen LogP contribution in [0, 0.1) is 0 Å². The molecule has 2 N–H and O–H groups in total. The molecule has 3 aromatic rings. The van der Waals surface area contributed by atoms with Crippen LogP contribution in [0.2, 0.25) is 15.1 Å². The molecule has 0 bridgehead atoms. The quantitative estimate of drug-likeness (QED) is 0.400. The molecule has 1 heterocycles. The molecule has 1 atom stereocenters. The standard InChI is InChI=1S/C9H9ClO3.C8H7ClO2.C7H5ClO2.H2S/c10-6-1-2-8-9(3-6)12-5-7(4-11)13-8;1-11-8-3-2-7(9)4-6(8)5-10;8-6-1-2-7(10)5(3-6)4-9;/h1-3,7,11H,4-5H2;2-5H,1H3;1-4,10H;1H2/t7-;;;/m0.../s1. The molecule has 0 amide bonds. The van der Waals surface area contributed by atoms with Crippen LogP contribution in [0.1, 0.15) is 20.7 Å². The van der Waals surface area contributed by atoms with E-state index in [2.05, 4.69) is 0 Å². The normalized spacial score (nSPS) is 13.0. The molecule has 0 aliphatic carbocycles. The first-order chi connectivity index (χ1) is 16.3. The molecule has 0 aromatic heterocycles. The lowest BCUT2D eigenvalue weighted by molar-refractivity contribution is 0.0456. The number of fused-ring (bicyclic) bond motifs is 1. The first-order valence-corrected chi connectivity index (χ1v) is 10.9. The number of ether oxygens (including phenoxy) is 3. The Hall–Kier alpha value is -2.62. The van der Waals surface area contributed by atoms with Crippen LogP contribution in [0.15, 0.2) is 54.6 Å². The van der Waals surface area contributed by atoms with E-state index in [1.165, 1.54) is 25.3 Å².